The second-order valence-corrected chi connectivity index (χ2v) is 7.49. The first-order valence-corrected chi connectivity index (χ1v) is 9.86. The van der Waals surface area contributed by atoms with Crippen LogP contribution >= 0.6 is 11.6 Å². The van der Waals surface area contributed by atoms with Crippen LogP contribution in [0.1, 0.15) is 17.4 Å². The maximum Gasteiger partial charge on any atom is 0.573 e. The van der Waals surface area contributed by atoms with Crippen LogP contribution in [0.2, 0.25) is 5.02 Å². The smallest absolute Gasteiger partial charge is 0.406 e. The minimum absolute atomic E-state index is 0.164. The van der Waals surface area contributed by atoms with Crippen LogP contribution in [0.4, 0.5) is 13.2 Å². The molecule has 1 atom stereocenters. The summed E-state index contributed by atoms with van der Waals surface area (Å²) in [5.74, 6) is 0.0855. The molecule has 4 aromatic rings. The first kappa shape index (κ1) is 20.5. The van der Waals surface area contributed by atoms with Crippen molar-refractivity contribution in [2.45, 2.75) is 25.6 Å². The summed E-state index contributed by atoms with van der Waals surface area (Å²) in [5, 5.41) is 9.10. The number of hydrogen-bond donors (Lipinski definition) is 0. The van der Waals surface area contributed by atoms with Crippen molar-refractivity contribution in [1.29, 1.82) is 0 Å². The van der Waals surface area contributed by atoms with E-state index >= 15 is 0 Å². The number of alkyl halides is 3. The molecular weight excluding hydrogens is 449 g/mol. The van der Waals surface area contributed by atoms with Crippen molar-refractivity contribution in [3.63, 3.8) is 0 Å². The van der Waals surface area contributed by atoms with E-state index in [4.69, 9.17) is 20.9 Å². The molecule has 0 saturated carbocycles. The van der Waals surface area contributed by atoms with E-state index in [9.17, 15) is 13.2 Å². The molecule has 1 aliphatic rings. The van der Waals surface area contributed by atoms with Gasteiger partial charge < -0.3 is 14.0 Å². The highest BCUT2D eigenvalue weighted by molar-refractivity contribution is 6.30. The molecule has 0 bridgehead atoms. The molecule has 1 aliphatic heterocycles. The van der Waals surface area contributed by atoms with Gasteiger partial charge in [0.1, 0.15) is 11.9 Å². The summed E-state index contributed by atoms with van der Waals surface area (Å²) in [6, 6.07) is 14.4. The number of halogens is 4. The van der Waals surface area contributed by atoms with Crippen molar-refractivity contribution in [3.8, 4) is 28.7 Å². The van der Waals surface area contributed by atoms with E-state index in [-0.39, 0.29) is 23.6 Å². The van der Waals surface area contributed by atoms with Crippen molar-refractivity contribution in [3.05, 3.63) is 70.9 Å². The minimum atomic E-state index is -4.75. The first-order chi connectivity index (χ1) is 15.3. The Labute approximate surface area is 184 Å². The van der Waals surface area contributed by atoms with Gasteiger partial charge in [-0.15, -0.1) is 13.2 Å². The number of hydrogen-bond acceptors (Lipinski definition) is 6. The van der Waals surface area contributed by atoms with Gasteiger partial charge in [-0.05, 0) is 48.0 Å². The molecule has 0 saturated heterocycles. The lowest BCUT2D eigenvalue weighted by molar-refractivity contribution is -0.274. The van der Waals surface area contributed by atoms with E-state index in [1.54, 1.807) is 6.07 Å². The summed E-state index contributed by atoms with van der Waals surface area (Å²) in [6.07, 6.45) is -4.92. The fourth-order valence-corrected chi connectivity index (χ4v) is 3.49. The average molecular weight is 463 g/mol. The Morgan fingerprint density at radius 3 is 2.53 bits per heavy atom. The van der Waals surface area contributed by atoms with Crippen LogP contribution in [0.5, 0.6) is 5.75 Å². The second kappa shape index (κ2) is 7.95. The van der Waals surface area contributed by atoms with E-state index in [1.165, 1.54) is 24.3 Å². The highest BCUT2D eigenvalue weighted by Gasteiger charge is 2.31. The molecule has 0 spiro atoms. The molecular formula is C21H14ClF3N4O3. The average Bonchev–Trinajstić information content (AvgIpc) is 3.40. The van der Waals surface area contributed by atoms with E-state index in [0.717, 1.165) is 11.3 Å². The lowest BCUT2D eigenvalue weighted by atomic mass is 10.1. The molecule has 11 heteroatoms. The largest absolute Gasteiger partial charge is 0.573 e. The maximum atomic E-state index is 12.3. The van der Waals surface area contributed by atoms with E-state index < -0.39 is 6.36 Å². The van der Waals surface area contributed by atoms with E-state index in [0.29, 0.717) is 29.4 Å². The Morgan fingerprint density at radius 2 is 1.81 bits per heavy atom. The van der Waals surface area contributed by atoms with Gasteiger partial charge >= 0.3 is 6.36 Å². The third-order valence-electron chi connectivity index (χ3n) is 4.87. The quantitative estimate of drug-likeness (QED) is 0.403. The minimum Gasteiger partial charge on any atom is -0.406 e. The van der Waals surface area contributed by atoms with Gasteiger partial charge in [-0.1, -0.05) is 28.9 Å². The van der Waals surface area contributed by atoms with Gasteiger partial charge in [0.05, 0.1) is 18.8 Å². The lowest BCUT2D eigenvalue weighted by Gasteiger charge is -2.24. The zero-order valence-corrected chi connectivity index (χ0v) is 17.0. The molecule has 0 fully saturated rings. The highest BCUT2D eigenvalue weighted by Crippen LogP contribution is 2.30. The van der Waals surface area contributed by atoms with Crippen LogP contribution in [0.15, 0.2) is 59.1 Å². The zero-order valence-electron chi connectivity index (χ0n) is 16.2. The Morgan fingerprint density at radius 1 is 1.06 bits per heavy atom. The Balaban J connectivity index is 1.33. The standard InChI is InChI=1S/C21H14ClF3N4O3/c22-14-5-1-12(2-6-14)18-10-29-15(11-30-18)9-17(27-29)20-26-19(28-32-20)13-3-7-16(8-4-13)31-21(23,24)25/h1-9,18H,10-11H2. The molecule has 5 rings (SSSR count). The third kappa shape index (κ3) is 4.32. The van der Waals surface area contributed by atoms with Crippen molar-refractivity contribution < 1.29 is 27.2 Å². The van der Waals surface area contributed by atoms with Crippen LogP contribution < -0.4 is 4.74 Å². The Hall–Kier alpha value is -3.37. The fraction of sp³-hybridized carbons (Fsp3) is 0.190. The molecule has 2 aromatic carbocycles. The number of ether oxygens (including phenoxy) is 2. The van der Waals surface area contributed by atoms with Crippen molar-refractivity contribution >= 4 is 11.6 Å². The summed E-state index contributed by atoms with van der Waals surface area (Å²) in [5.41, 5.74) is 2.81. The molecule has 1 unspecified atom stereocenters. The van der Waals surface area contributed by atoms with Crippen molar-refractivity contribution in [1.82, 2.24) is 19.9 Å². The second-order valence-electron chi connectivity index (χ2n) is 7.05. The summed E-state index contributed by atoms with van der Waals surface area (Å²) in [7, 11) is 0. The van der Waals surface area contributed by atoms with Gasteiger partial charge in [0.25, 0.3) is 5.89 Å². The monoisotopic (exact) mass is 462 g/mol. The molecule has 0 amide bonds. The normalized spacial score (nSPS) is 16.1. The van der Waals surface area contributed by atoms with Gasteiger partial charge in [0, 0.05) is 10.6 Å². The number of rotatable bonds is 4. The lowest BCUT2D eigenvalue weighted by Crippen LogP contribution is -2.21. The van der Waals surface area contributed by atoms with Gasteiger partial charge in [-0.3, -0.25) is 4.68 Å². The summed E-state index contributed by atoms with van der Waals surface area (Å²) in [6.45, 7) is 0.876. The van der Waals surface area contributed by atoms with Crippen LogP contribution in [0, 0.1) is 0 Å². The highest BCUT2D eigenvalue weighted by atomic mass is 35.5. The topological polar surface area (TPSA) is 75.2 Å². The van der Waals surface area contributed by atoms with Crippen molar-refractivity contribution in [2.75, 3.05) is 0 Å². The third-order valence-corrected chi connectivity index (χ3v) is 5.12. The molecule has 0 radical (unpaired) electrons. The molecule has 7 nitrogen and oxygen atoms in total. The molecule has 0 aliphatic carbocycles. The van der Waals surface area contributed by atoms with Crippen LogP contribution in [0.25, 0.3) is 23.0 Å². The molecule has 32 heavy (non-hydrogen) atoms. The Kier molecular flexibility index (Phi) is 5.10. The first-order valence-electron chi connectivity index (χ1n) is 9.48. The number of nitrogens with zero attached hydrogens (tertiary/aromatic N) is 4. The van der Waals surface area contributed by atoms with Gasteiger partial charge in [-0.25, -0.2) is 0 Å². The molecule has 3 heterocycles. The summed E-state index contributed by atoms with van der Waals surface area (Å²) < 4.78 is 53.9. The van der Waals surface area contributed by atoms with Crippen molar-refractivity contribution in [2.24, 2.45) is 0 Å². The zero-order chi connectivity index (χ0) is 22.3. The van der Waals surface area contributed by atoms with Gasteiger partial charge in [-0.2, -0.15) is 10.1 Å². The summed E-state index contributed by atoms with van der Waals surface area (Å²) in [4.78, 5) is 4.31. The van der Waals surface area contributed by atoms with Gasteiger partial charge in [0.2, 0.25) is 5.82 Å². The van der Waals surface area contributed by atoms with Gasteiger partial charge in [0.15, 0.2) is 5.69 Å². The summed E-state index contributed by atoms with van der Waals surface area (Å²) >= 11 is 5.95. The number of benzene rings is 2. The molecule has 164 valence electrons. The molecule has 2 aromatic heterocycles. The predicted octanol–water partition coefficient (Wildman–Crippen LogP) is 5.42. The van der Waals surface area contributed by atoms with E-state index in [1.807, 2.05) is 28.9 Å². The van der Waals surface area contributed by atoms with Crippen LogP contribution in [-0.2, 0) is 17.9 Å². The Bertz CT molecular complexity index is 1240. The fourth-order valence-electron chi connectivity index (χ4n) is 3.36. The molecule has 0 N–H and O–H groups in total. The number of fused-ring (bicyclic) bond motifs is 1. The SMILES string of the molecule is FC(F)(F)Oc1ccc(-c2noc(-c3cc4n(n3)CC(c3ccc(Cl)cc3)OC4)n2)cc1. The van der Waals surface area contributed by atoms with Crippen LogP contribution in [-0.4, -0.2) is 26.3 Å². The number of aromatic nitrogens is 4. The predicted molar refractivity (Wildman–Crippen MR) is 107 cm³/mol. The van der Waals surface area contributed by atoms with Crippen LogP contribution in [0.3, 0.4) is 0 Å². The van der Waals surface area contributed by atoms with E-state index in [2.05, 4.69) is 20.0 Å². The maximum absolute atomic E-state index is 12.3.